The van der Waals surface area contributed by atoms with Gasteiger partial charge in [0.05, 0.1) is 0 Å². The average molecular weight is 312 g/mol. The van der Waals surface area contributed by atoms with Gasteiger partial charge in [-0.15, -0.1) is 0 Å². The highest BCUT2D eigenvalue weighted by atomic mass is 16.2. The predicted octanol–water partition coefficient (Wildman–Crippen LogP) is 3.34. The molecule has 1 aromatic carbocycles. The Morgan fingerprint density at radius 2 is 1.78 bits per heavy atom. The van der Waals surface area contributed by atoms with Gasteiger partial charge in [0.1, 0.15) is 0 Å². The minimum Gasteiger partial charge on any atom is -0.353 e. The maximum Gasteiger partial charge on any atom is 0.258 e. The molecule has 1 fully saturated rings. The third-order valence-electron chi connectivity index (χ3n) is 4.82. The first kappa shape index (κ1) is 15.8. The van der Waals surface area contributed by atoms with E-state index in [2.05, 4.69) is 11.9 Å². The SMILES string of the molecule is C=C1c2ccccc2C(=O)N1CCC(=O)NC1CCCCCC1. The van der Waals surface area contributed by atoms with E-state index >= 15 is 0 Å². The Balaban J connectivity index is 1.53. The van der Waals surface area contributed by atoms with Crippen molar-refractivity contribution in [1.29, 1.82) is 0 Å². The molecule has 23 heavy (non-hydrogen) atoms. The maximum absolute atomic E-state index is 12.4. The van der Waals surface area contributed by atoms with Crippen LogP contribution in [0.25, 0.3) is 5.70 Å². The number of nitrogens with zero attached hydrogens (tertiary/aromatic N) is 1. The molecule has 0 atom stereocenters. The molecule has 4 heteroatoms. The van der Waals surface area contributed by atoms with E-state index in [1.807, 2.05) is 24.3 Å². The summed E-state index contributed by atoms with van der Waals surface area (Å²) < 4.78 is 0. The first-order chi connectivity index (χ1) is 11.2. The summed E-state index contributed by atoms with van der Waals surface area (Å²) >= 11 is 0. The number of carbonyl (C=O) groups is 2. The van der Waals surface area contributed by atoms with Crippen molar-refractivity contribution in [1.82, 2.24) is 10.2 Å². The second-order valence-corrected chi connectivity index (χ2v) is 6.46. The monoisotopic (exact) mass is 312 g/mol. The van der Waals surface area contributed by atoms with Gasteiger partial charge < -0.3 is 10.2 Å². The quantitative estimate of drug-likeness (QED) is 0.867. The molecule has 0 aromatic heterocycles. The maximum atomic E-state index is 12.4. The Morgan fingerprint density at radius 1 is 1.13 bits per heavy atom. The molecule has 2 amide bonds. The van der Waals surface area contributed by atoms with Crippen molar-refractivity contribution in [3.05, 3.63) is 42.0 Å². The van der Waals surface area contributed by atoms with Crippen molar-refractivity contribution in [2.75, 3.05) is 6.54 Å². The highest BCUT2D eigenvalue weighted by molar-refractivity contribution is 6.08. The normalized spacial score (nSPS) is 18.7. The van der Waals surface area contributed by atoms with Crippen LogP contribution in [0.4, 0.5) is 0 Å². The summed E-state index contributed by atoms with van der Waals surface area (Å²) in [5.74, 6) is -0.0127. The van der Waals surface area contributed by atoms with Crippen LogP contribution in [-0.4, -0.2) is 29.3 Å². The number of fused-ring (bicyclic) bond motifs is 1. The van der Waals surface area contributed by atoms with Crippen LogP contribution in [0.2, 0.25) is 0 Å². The zero-order valence-corrected chi connectivity index (χ0v) is 13.5. The summed E-state index contributed by atoms with van der Waals surface area (Å²) in [4.78, 5) is 26.2. The van der Waals surface area contributed by atoms with Crippen molar-refractivity contribution in [2.24, 2.45) is 0 Å². The van der Waals surface area contributed by atoms with E-state index in [4.69, 9.17) is 0 Å². The standard InChI is InChI=1S/C19H24N2O2/c1-14-16-10-6-7-11-17(16)19(23)21(14)13-12-18(22)20-15-8-4-2-3-5-9-15/h6-7,10-11,15H,1-5,8-9,12-13H2,(H,20,22). The first-order valence-corrected chi connectivity index (χ1v) is 8.56. The number of amides is 2. The Morgan fingerprint density at radius 3 is 2.43 bits per heavy atom. The highest BCUT2D eigenvalue weighted by Gasteiger charge is 2.30. The topological polar surface area (TPSA) is 49.4 Å². The molecule has 1 aliphatic carbocycles. The van der Waals surface area contributed by atoms with Crippen molar-refractivity contribution in [2.45, 2.75) is 51.0 Å². The Bertz CT molecular complexity index is 581. The Hall–Kier alpha value is -2.10. The van der Waals surface area contributed by atoms with Gasteiger partial charge in [-0.25, -0.2) is 0 Å². The Kier molecular flexibility index (Phi) is 4.79. The summed E-state index contributed by atoms with van der Waals surface area (Å²) in [5.41, 5.74) is 2.26. The molecule has 1 N–H and O–H groups in total. The lowest BCUT2D eigenvalue weighted by atomic mass is 10.1. The van der Waals surface area contributed by atoms with Crippen LogP contribution in [0.3, 0.4) is 0 Å². The van der Waals surface area contributed by atoms with Gasteiger partial charge in [-0.1, -0.05) is 50.5 Å². The molecular formula is C19H24N2O2. The smallest absolute Gasteiger partial charge is 0.258 e. The Labute approximate surface area is 137 Å². The lowest BCUT2D eigenvalue weighted by Crippen LogP contribution is -2.36. The van der Waals surface area contributed by atoms with Crippen molar-refractivity contribution >= 4 is 17.5 Å². The molecule has 1 aromatic rings. The third kappa shape index (κ3) is 3.46. The summed E-state index contributed by atoms with van der Waals surface area (Å²) in [6.07, 6.45) is 7.41. The molecule has 4 nitrogen and oxygen atoms in total. The fourth-order valence-electron chi connectivity index (χ4n) is 3.51. The van der Waals surface area contributed by atoms with Crippen molar-refractivity contribution in [3.8, 4) is 0 Å². The van der Waals surface area contributed by atoms with Crippen LogP contribution < -0.4 is 5.32 Å². The van der Waals surface area contributed by atoms with Crippen molar-refractivity contribution in [3.63, 3.8) is 0 Å². The predicted molar refractivity (Wildman–Crippen MR) is 90.8 cm³/mol. The fraction of sp³-hybridized carbons (Fsp3) is 0.474. The largest absolute Gasteiger partial charge is 0.353 e. The summed E-state index contributed by atoms with van der Waals surface area (Å²) in [6, 6.07) is 7.78. The van der Waals surface area contributed by atoms with E-state index in [1.165, 1.54) is 25.7 Å². The summed E-state index contributed by atoms with van der Waals surface area (Å²) in [7, 11) is 0. The lowest BCUT2D eigenvalue weighted by molar-refractivity contribution is -0.121. The third-order valence-corrected chi connectivity index (χ3v) is 4.82. The minimum absolute atomic E-state index is 0.0356. The molecule has 3 rings (SSSR count). The fourth-order valence-corrected chi connectivity index (χ4v) is 3.51. The van der Waals surface area contributed by atoms with Gasteiger partial charge in [-0.05, 0) is 18.9 Å². The number of carbonyl (C=O) groups excluding carboxylic acids is 2. The van der Waals surface area contributed by atoms with E-state index in [9.17, 15) is 9.59 Å². The molecule has 0 unspecified atom stereocenters. The van der Waals surface area contributed by atoms with E-state index in [0.29, 0.717) is 30.3 Å². The van der Waals surface area contributed by atoms with Crippen LogP contribution in [0, 0.1) is 0 Å². The van der Waals surface area contributed by atoms with Gasteiger partial charge in [0.2, 0.25) is 5.91 Å². The molecule has 0 bridgehead atoms. The molecular weight excluding hydrogens is 288 g/mol. The highest BCUT2D eigenvalue weighted by Crippen LogP contribution is 2.31. The van der Waals surface area contributed by atoms with Crippen molar-refractivity contribution < 1.29 is 9.59 Å². The number of benzene rings is 1. The number of hydrogen-bond acceptors (Lipinski definition) is 2. The van der Waals surface area contributed by atoms with Gasteiger partial charge >= 0.3 is 0 Å². The lowest BCUT2D eigenvalue weighted by Gasteiger charge is -2.19. The summed E-state index contributed by atoms with van der Waals surface area (Å²) in [5, 5.41) is 3.13. The van der Waals surface area contributed by atoms with E-state index in [0.717, 1.165) is 18.4 Å². The zero-order chi connectivity index (χ0) is 16.2. The van der Waals surface area contributed by atoms with Crippen LogP contribution in [0.1, 0.15) is 60.9 Å². The second-order valence-electron chi connectivity index (χ2n) is 6.46. The van der Waals surface area contributed by atoms with Gasteiger partial charge in [-0.3, -0.25) is 9.59 Å². The molecule has 1 heterocycles. The molecule has 122 valence electrons. The van der Waals surface area contributed by atoms with E-state index < -0.39 is 0 Å². The molecule has 2 aliphatic rings. The second kappa shape index (κ2) is 6.99. The van der Waals surface area contributed by atoms with Crippen LogP contribution >= 0.6 is 0 Å². The number of nitrogens with one attached hydrogen (secondary N) is 1. The average Bonchev–Trinajstić information content (AvgIpc) is 2.74. The molecule has 0 saturated heterocycles. The van der Waals surface area contributed by atoms with E-state index in [1.54, 1.807) is 4.90 Å². The van der Waals surface area contributed by atoms with Crippen LogP contribution in [-0.2, 0) is 4.79 Å². The molecule has 1 aliphatic heterocycles. The minimum atomic E-state index is -0.0483. The molecule has 0 radical (unpaired) electrons. The number of rotatable bonds is 4. The van der Waals surface area contributed by atoms with Gasteiger partial charge in [0.25, 0.3) is 5.91 Å². The van der Waals surface area contributed by atoms with E-state index in [-0.39, 0.29) is 11.8 Å². The van der Waals surface area contributed by atoms with Gasteiger partial charge in [0, 0.05) is 35.8 Å². The molecule has 1 saturated carbocycles. The zero-order valence-electron chi connectivity index (χ0n) is 13.5. The van der Waals surface area contributed by atoms with Crippen LogP contribution in [0.5, 0.6) is 0 Å². The first-order valence-electron chi connectivity index (χ1n) is 8.56. The van der Waals surface area contributed by atoms with Gasteiger partial charge in [-0.2, -0.15) is 0 Å². The molecule has 0 spiro atoms. The number of hydrogen-bond donors (Lipinski definition) is 1. The van der Waals surface area contributed by atoms with Crippen LogP contribution in [0.15, 0.2) is 30.8 Å². The van der Waals surface area contributed by atoms with Gasteiger partial charge in [0.15, 0.2) is 0 Å². The summed E-state index contributed by atoms with van der Waals surface area (Å²) in [6.45, 7) is 4.40.